The summed E-state index contributed by atoms with van der Waals surface area (Å²) in [5.74, 6) is 1.32. The third-order valence-electron chi connectivity index (χ3n) is 4.94. The number of carbonyl (C=O) groups excluding carboxylic acids is 1. The number of hydrogen-bond acceptors (Lipinski definition) is 7. The Hall–Kier alpha value is -3.24. The molecular formula is C23H28N4O5S. The maximum atomic E-state index is 12.5. The normalized spacial score (nSPS) is 11.5. The van der Waals surface area contributed by atoms with Crippen LogP contribution in [-0.4, -0.2) is 48.5 Å². The number of aryl methyl sites for hydroxylation is 1. The maximum absolute atomic E-state index is 12.5. The number of anilines is 1. The van der Waals surface area contributed by atoms with Gasteiger partial charge in [0.15, 0.2) is 0 Å². The third kappa shape index (κ3) is 6.17. The molecule has 0 unspecified atom stereocenters. The van der Waals surface area contributed by atoms with Crippen LogP contribution in [0, 0.1) is 0 Å². The van der Waals surface area contributed by atoms with Gasteiger partial charge in [-0.1, -0.05) is 19.0 Å². The second-order valence-electron chi connectivity index (χ2n) is 7.13. The standard InChI is InChI=1S/C23H28N4O5S/c1-4-27(5-2)33(29,30)20-13-9-18(10-14-20)24-21(28)15-16-22-25-23(26-32-22)17-7-11-19(12-8-17)31-6-3/h7-14H,4-6,15-16H2,1-3H3,(H,24,28). The number of hydrogen-bond donors (Lipinski definition) is 1. The number of rotatable bonds is 11. The van der Waals surface area contributed by atoms with E-state index in [1.807, 2.05) is 31.2 Å². The quantitative estimate of drug-likeness (QED) is 0.452. The first kappa shape index (κ1) is 24.4. The summed E-state index contributed by atoms with van der Waals surface area (Å²) < 4.78 is 37.1. The van der Waals surface area contributed by atoms with Crippen molar-refractivity contribution in [3.63, 3.8) is 0 Å². The number of nitrogens with one attached hydrogen (secondary N) is 1. The lowest BCUT2D eigenvalue weighted by atomic mass is 10.2. The largest absolute Gasteiger partial charge is 0.494 e. The van der Waals surface area contributed by atoms with Crippen LogP contribution in [0.15, 0.2) is 57.9 Å². The van der Waals surface area contributed by atoms with Crippen LogP contribution in [0.1, 0.15) is 33.1 Å². The van der Waals surface area contributed by atoms with Gasteiger partial charge in [-0.2, -0.15) is 9.29 Å². The number of ether oxygens (including phenoxy) is 1. The molecule has 3 rings (SSSR count). The molecule has 2 aromatic carbocycles. The molecule has 1 heterocycles. The zero-order valence-corrected chi connectivity index (χ0v) is 19.8. The molecule has 10 heteroatoms. The SMILES string of the molecule is CCOc1ccc(-c2noc(CCC(=O)Nc3ccc(S(=O)(=O)N(CC)CC)cc3)n2)cc1. The maximum Gasteiger partial charge on any atom is 0.243 e. The van der Waals surface area contributed by atoms with Gasteiger partial charge in [-0.25, -0.2) is 8.42 Å². The number of sulfonamides is 1. The van der Waals surface area contributed by atoms with E-state index in [9.17, 15) is 13.2 Å². The van der Waals surface area contributed by atoms with Crippen molar-refractivity contribution in [1.29, 1.82) is 0 Å². The van der Waals surface area contributed by atoms with Gasteiger partial charge < -0.3 is 14.6 Å². The summed E-state index contributed by atoms with van der Waals surface area (Å²) in [6.45, 7) is 6.89. The Morgan fingerprint density at radius 1 is 1.03 bits per heavy atom. The fraction of sp³-hybridized carbons (Fsp3) is 0.348. The van der Waals surface area contributed by atoms with Crippen LogP contribution in [0.3, 0.4) is 0 Å². The van der Waals surface area contributed by atoms with Crippen LogP contribution in [-0.2, 0) is 21.2 Å². The smallest absolute Gasteiger partial charge is 0.243 e. The Morgan fingerprint density at radius 2 is 1.70 bits per heavy atom. The predicted molar refractivity (Wildman–Crippen MR) is 124 cm³/mol. The fourth-order valence-corrected chi connectivity index (χ4v) is 4.67. The second kappa shape index (κ2) is 11.1. The Morgan fingerprint density at radius 3 is 2.30 bits per heavy atom. The van der Waals surface area contributed by atoms with Crippen LogP contribution in [0.5, 0.6) is 5.75 Å². The molecule has 1 aromatic heterocycles. The molecule has 0 saturated carbocycles. The minimum absolute atomic E-state index is 0.143. The van der Waals surface area contributed by atoms with Crippen molar-refractivity contribution >= 4 is 21.6 Å². The minimum Gasteiger partial charge on any atom is -0.494 e. The van der Waals surface area contributed by atoms with Crippen molar-refractivity contribution < 1.29 is 22.5 Å². The van der Waals surface area contributed by atoms with E-state index in [-0.39, 0.29) is 23.6 Å². The monoisotopic (exact) mass is 472 g/mol. The van der Waals surface area contributed by atoms with E-state index in [1.165, 1.54) is 16.4 Å². The molecule has 0 aliphatic carbocycles. The number of amides is 1. The van der Waals surface area contributed by atoms with E-state index in [0.717, 1.165) is 11.3 Å². The lowest BCUT2D eigenvalue weighted by Crippen LogP contribution is -2.30. The lowest BCUT2D eigenvalue weighted by Gasteiger charge is -2.18. The fourth-order valence-electron chi connectivity index (χ4n) is 3.21. The zero-order chi connectivity index (χ0) is 23.8. The second-order valence-corrected chi connectivity index (χ2v) is 9.07. The molecule has 1 amide bonds. The highest BCUT2D eigenvalue weighted by molar-refractivity contribution is 7.89. The summed E-state index contributed by atoms with van der Waals surface area (Å²) in [4.78, 5) is 16.8. The van der Waals surface area contributed by atoms with E-state index in [2.05, 4.69) is 15.5 Å². The molecule has 0 fully saturated rings. The predicted octanol–water partition coefficient (Wildman–Crippen LogP) is 3.74. The van der Waals surface area contributed by atoms with Gasteiger partial charge in [-0.3, -0.25) is 4.79 Å². The van der Waals surface area contributed by atoms with E-state index in [4.69, 9.17) is 9.26 Å². The van der Waals surface area contributed by atoms with Crippen molar-refractivity contribution in [3.05, 3.63) is 54.4 Å². The number of carbonyl (C=O) groups is 1. The number of aromatic nitrogens is 2. The molecule has 0 aliphatic heterocycles. The molecule has 9 nitrogen and oxygen atoms in total. The summed E-state index contributed by atoms with van der Waals surface area (Å²) >= 11 is 0. The van der Waals surface area contributed by atoms with E-state index in [0.29, 0.717) is 37.1 Å². The van der Waals surface area contributed by atoms with Crippen LogP contribution >= 0.6 is 0 Å². The lowest BCUT2D eigenvalue weighted by molar-refractivity contribution is -0.116. The molecule has 0 atom stereocenters. The van der Waals surface area contributed by atoms with Gasteiger partial charge in [0.05, 0.1) is 11.5 Å². The van der Waals surface area contributed by atoms with Gasteiger partial charge in [0.1, 0.15) is 5.75 Å². The Bertz CT molecular complexity index is 1150. The summed E-state index contributed by atoms with van der Waals surface area (Å²) in [5, 5.41) is 6.72. The van der Waals surface area contributed by atoms with Gasteiger partial charge >= 0.3 is 0 Å². The van der Waals surface area contributed by atoms with E-state index < -0.39 is 10.0 Å². The van der Waals surface area contributed by atoms with Crippen molar-refractivity contribution in [2.24, 2.45) is 0 Å². The van der Waals surface area contributed by atoms with Crippen LogP contribution < -0.4 is 10.1 Å². The average molecular weight is 473 g/mol. The van der Waals surface area contributed by atoms with E-state index >= 15 is 0 Å². The Kier molecular flexibility index (Phi) is 8.18. The van der Waals surface area contributed by atoms with Crippen molar-refractivity contribution in [2.45, 2.75) is 38.5 Å². The molecule has 0 radical (unpaired) electrons. The Balaban J connectivity index is 1.54. The summed E-state index contributed by atoms with van der Waals surface area (Å²) in [5.41, 5.74) is 1.30. The molecule has 0 spiro atoms. The van der Waals surface area contributed by atoms with Gasteiger partial charge in [-0.05, 0) is 55.5 Å². The van der Waals surface area contributed by atoms with Crippen LogP contribution in [0.4, 0.5) is 5.69 Å². The molecule has 176 valence electrons. The highest BCUT2D eigenvalue weighted by atomic mass is 32.2. The molecule has 1 N–H and O–H groups in total. The summed E-state index contributed by atoms with van der Waals surface area (Å²) in [7, 11) is -3.53. The first-order valence-corrected chi connectivity index (χ1v) is 12.3. The van der Waals surface area contributed by atoms with E-state index in [1.54, 1.807) is 26.0 Å². The first-order valence-electron chi connectivity index (χ1n) is 10.8. The molecule has 0 saturated heterocycles. The number of benzene rings is 2. The van der Waals surface area contributed by atoms with Gasteiger partial charge in [0.2, 0.25) is 27.6 Å². The molecule has 33 heavy (non-hydrogen) atoms. The average Bonchev–Trinajstić information content (AvgIpc) is 3.28. The minimum atomic E-state index is -3.53. The number of nitrogens with zero attached hydrogens (tertiary/aromatic N) is 3. The molecule has 3 aromatic rings. The highest BCUT2D eigenvalue weighted by Crippen LogP contribution is 2.21. The molecule has 0 aliphatic rings. The Labute approximate surface area is 193 Å². The van der Waals surface area contributed by atoms with Crippen LogP contribution in [0.25, 0.3) is 11.4 Å². The first-order chi connectivity index (χ1) is 15.9. The van der Waals surface area contributed by atoms with Crippen molar-refractivity contribution in [2.75, 3.05) is 25.0 Å². The van der Waals surface area contributed by atoms with Crippen LogP contribution in [0.2, 0.25) is 0 Å². The third-order valence-corrected chi connectivity index (χ3v) is 7.00. The zero-order valence-electron chi connectivity index (χ0n) is 18.9. The molecular weight excluding hydrogens is 444 g/mol. The van der Waals surface area contributed by atoms with Crippen molar-refractivity contribution in [1.82, 2.24) is 14.4 Å². The van der Waals surface area contributed by atoms with Crippen molar-refractivity contribution in [3.8, 4) is 17.1 Å². The molecule has 0 bridgehead atoms. The highest BCUT2D eigenvalue weighted by Gasteiger charge is 2.21. The van der Waals surface area contributed by atoms with Gasteiger partial charge in [-0.15, -0.1) is 0 Å². The van der Waals surface area contributed by atoms with Gasteiger partial charge in [0, 0.05) is 37.2 Å². The summed E-state index contributed by atoms with van der Waals surface area (Å²) in [6.07, 6.45) is 0.425. The van der Waals surface area contributed by atoms with Gasteiger partial charge in [0.25, 0.3) is 0 Å². The topological polar surface area (TPSA) is 115 Å². The summed E-state index contributed by atoms with van der Waals surface area (Å²) in [6, 6.07) is 13.5.